The summed E-state index contributed by atoms with van der Waals surface area (Å²) in [4.78, 5) is 17.7. The van der Waals surface area contributed by atoms with Gasteiger partial charge in [-0.2, -0.15) is 4.98 Å². The van der Waals surface area contributed by atoms with Crippen LogP contribution in [0.3, 0.4) is 0 Å². The van der Waals surface area contributed by atoms with Gasteiger partial charge < -0.3 is 10.2 Å². The number of aryl methyl sites for hydroxylation is 1. The van der Waals surface area contributed by atoms with E-state index in [2.05, 4.69) is 38.2 Å². The number of hydrogen-bond acceptors (Lipinski definition) is 6. The minimum Gasteiger partial charge on any atom is -0.367 e. The van der Waals surface area contributed by atoms with Crippen LogP contribution in [0.2, 0.25) is 0 Å². The normalized spacial score (nSPS) is 16.1. The van der Waals surface area contributed by atoms with Crippen LogP contribution in [0, 0.1) is 6.92 Å². The highest BCUT2D eigenvalue weighted by atomic mass is 15.2. The second-order valence-corrected chi connectivity index (χ2v) is 6.60. The van der Waals surface area contributed by atoms with E-state index in [9.17, 15) is 0 Å². The SMILES string of the molecule is Cc1cccnc1CN1CCC(Nc2ccnc(N(C)C)n2)CC1. The Morgan fingerprint density at radius 2 is 1.96 bits per heavy atom. The van der Waals surface area contributed by atoms with Crippen LogP contribution < -0.4 is 10.2 Å². The van der Waals surface area contributed by atoms with Gasteiger partial charge in [0.15, 0.2) is 0 Å². The molecule has 0 radical (unpaired) electrons. The lowest BCUT2D eigenvalue weighted by Gasteiger charge is -2.32. The first-order valence-corrected chi connectivity index (χ1v) is 8.51. The molecule has 0 atom stereocenters. The summed E-state index contributed by atoms with van der Waals surface area (Å²) in [5, 5.41) is 3.55. The smallest absolute Gasteiger partial charge is 0.226 e. The number of likely N-dealkylation sites (tertiary alicyclic amines) is 1. The van der Waals surface area contributed by atoms with Crippen molar-refractivity contribution in [2.24, 2.45) is 0 Å². The molecule has 0 spiro atoms. The van der Waals surface area contributed by atoms with Crippen molar-refractivity contribution in [1.82, 2.24) is 19.9 Å². The van der Waals surface area contributed by atoms with Gasteiger partial charge in [-0.05, 0) is 37.5 Å². The third kappa shape index (κ3) is 4.20. The average molecular weight is 326 g/mol. The van der Waals surface area contributed by atoms with Gasteiger partial charge in [0.25, 0.3) is 0 Å². The molecule has 1 N–H and O–H groups in total. The molecule has 3 rings (SSSR count). The van der Waals surface area contributed by atoms with E-state index in [0.29, 0.717) is 6.04 Å². The Morgan fingerprint density at radius 3 is 2.67 bits per heavy atom. The third-order valence-electron chi connectivity index (χ3n) is 4.47. The molecule has 3 heterocycles. The molecule has 0 saturated carbocycles. The van der Waals surface area contributed by atoms with Crippen molar-refractivity contribution < 1.29 is 0 Å². The fourth-order valence-electron chi connectivity index (χ4n) is 2.98. The Labute approximate surface area is 143 Å². The lowest BCUT2D eigenvalue weighted by Crippen LogP contribution is -2.39. The summed E-state index contributed by atoms with van der Waals surface area (Å²) in [6.07, 6.45) is 5.93. The van der Waals surface area contributed by atoms with Gasteiger partial charge in [0.05, 0.1) is 5.69 Å². The Hall–Kier alpha value is -2.21. The highest BCUT2D eigenvalue weighted by Crippen LogP contribution is 2.18. The van der Waals surface area contributed by atoms with E-state index in [0.717, 1.165) is 44.2 Å². The van der Waals surface area contributed by atoms with Crippen molar-refractivity contribution in [3.8, 4) is 0 Å². The summed E-state index contributed by atoms with van der Waals surface area (Å²) in [5.41, 5.74) is 2.46. The van der Waals surface area contributed by atoms with Crippen LogP contribution in [-0.2, 0) is 6.54 Å². The van der Waals surface area contributed by atoms with E-state index in [1.54, 1.807) is 0 Å². The second-order valence-electron chi connectivity index (χ2n) is 6.60. The molecule has 128 valence electrons. The first-order chi connectivity index (χ1) is 11.6. The molecule has 0 unspecified atom stereocenters. The van der Waals surface area contributed by atoms with Crippen molar-refractivity contribution in [3.63, 3.8) is 0 Å². The molecule has 2 aromatic heterocycles. The molecule has 0 bridgehead atoms. The van der Waals surface area contributed by atoms with E-state index in [1.165, 1.54) is 11.3 Å². The number of piperidine rings is 1. The fourth-order valence-corrected chi connectivity index (χ4v) is 2.98. The molecular formula is C18H26N6. The molecule has 0 aromatic carbocycles. The molecule has 1 saturated heterocycles. The van der Waals surface area contributed by atoms with Crippen molar-refractivity contribution in [3.05, 3.63) is 41.9 Å². The maximum atomic E-state index is 4.54. The minimum atomic E-state index is 0.469. The summed E-state index contributed by atoms with van der Waals surface area (Å²) in [5.74, 6) is 1.65. The average Bonchev–Trinajstić information content (AvgIpc) is 2.59. The quantitative estimate of drug-likeness (QED) is 0.910. The van der Waals surface area contributed by atoms with Crippen LogP contribution in [0.25, 0.3) is 0 Å². The van der Waals surface area contributed by atoms with Crippen LogP contribution in [0.5, 0.6) is 0 Å². The van der Waals surface area contributed by atoms with E-state index in [1.807, 2.05) is 43.5 Å². The van der Waals surface area contributed by atoms with Crippen LogP contribution in [0.15, 0.2) is 30.6 Å². The molecule has 0 amide bonds. The highest BCUT2D eigenvalue weighted by Gasteiger charge is 2.20. The van der Waals surface area contributed by atoms with Gasteiger partial charge in [0, 0.05) is 52.2 Å². The van der Waals surface area contributed by atoms with E-state index in [-0.39, 0.29) is 0 Å². The van der Waals surface area contributed by atoms with Crippen LogP contribution in [0.4, 0.5) is 11.8 Å². The molecule has 24 heavy (non-hydrogen) atoms. The first-order valence-electron chi connectivity index (χ1n) is 8.51. The zero-order valence-corrected chi connectivity index (χ0v) is 14.7. The molecule has 0 aliphatic carbocycles. The van der Waals surface area contributed by atoms with Gasteiger partial charge in [0.1, 0.15) is 5.82 Å². The number of nitrogens with one attached hydrogen (secondary N) is 1. The summed E-state index contributed by atoms with van der Waals surface area (Å²) in [6.45, 7) is 5.24. The van der Waals surface area contributed by atoms with Crippen LogP contribution in [-0.4, -0.2) is 53.1 Å². The molecule has 6 nitrogen and oxygen atoms in total. The molecule has 2 aromatic rings. The van der Waals surface area contributed by atoms with Gasteiger partial charge >= 0.3 is 0 Å². The van der Waals surface area contributed by atoms with E-state index >= 15 is 0 Å². The Kier molecular flexibility index (Phi) is 5.25. The lowest BCUT2D eigenvalue weighted by atomic mass is 10.0. The number of pyridine rings is 1. The topological polar surface area (TPSA) is 57.2 Å². The fraction of sp³-hybridized carbons (Fsp3) is 0.500. The first kappa shape index (κ1) is 16.6. The molecule has 1 aliphatic rings. The zero-order valence-electron chi connectivity index (χ0n) is 14.7. The maximum absolute atomic E-state index is 4.54. The summed E-state index contributed by atoms with van der Waals surface area (Å²) in [6, 6.07) is 6.54. The van der Waals surface area contributed by atoms with Crippen LogP contribution in [0.1, 0.15) is 24.1 Å². The van der Waals surface area contributed by atoms with Gasteiger partial charge in [-0.3, -0.25) is 9.88 Å². The van der Waals surface area contributed by atoms with E-state index in [4.69, 9.17) is 0 Å². The van der Waals surface area contributed by atoms with Crippen LogP contribution >= 0.6 is 0 Å². The number of anilines is 2. The van der Waals surface area contributed by atoms with Crippen molar-refractivity contribution in [1.29, 1.82) is 0 Å². The summed E-state index contributed by atoms with van der Waals surface area (Å²) >= 11 is 0. The van der Waals surface area contributed by atoms with Gasteiger partial charge in [0.2, 0.25) is 5.95 Å². The van der Waals surface area contributed by atoms with Gasteiger partial charge in [-0.25, -0.2) is 4.98 Å². The number of nitrogens with zero attached hydrogens (tertiary/aromatic N) is 5. The largest absolute Gasteiger partial charge is 0.367 e. The Bertz CT molecular complexity index is 664. The van der Waals surface area contributed by atoms with Gasteiger partial charge in [-0.1, -0.05) is 6.07 Å². The molecule has 1 fully saturated rings. The maximum Gasteiger partial charge on any atom is 0.226 e. The van der Waals surface area contributed by atoms with Crippen molar-refractivity contribution in [2.45, 2.75) is 32.4 Å². The van der Waals surface area contributed by atoms with Crippen molar-refractivity contribution in [2.75, 3.05) is 37.4 Å². The minimum absolute atomic E-state index is 0.469. The number of aromatic nitrogens is 3. The Balaban J connectivity index is 1.52. The molecular weight excluding hydrogens is 300 g/mol. The molecule has 6 heteroatoms. The summed E-state index contributed by atoms with van der Waals surface area (Å²) in [7, 11) is 3.91. The standard InChI is InChI=1S/C18H26N6/c1-14-5-4-9-19-16(14)13-24-11-7-15(8-12-24)21-17-6-10-20-18(22-17)23(2)3/h4-6,9-10,15H,7-8,11-13H2,1-3H3,(H,20,21,22). The second kappa shape index (κ2) is 7.57. The zero-order chi connectivity index (χ0) is 16.9. The predicted molar refractivity (Wildman–Crippen MR) is 97.3 cm³/mol. The lowest BCUT2D eigenvalue weighted by molar-refractivity contribution is 0.208. The highest BCUT2D eigenvalue weighted by molar-refractivity contribution is 5.41. The number of rotatable bonds is 5. The third-order valence-corrected chi connectivity index (χ3v) is 4.47. The number of hydrogen-bond donors (Lipinski definition) is 1. The van der Waals surface area contributed by atoms with E-state index < -0.39 is 0 Å². The van der Waals surface area contributed by atoms with Crippen molar-refractivity contribution >= 4 is 11.8 Å². The molecule has 1 aliphatic heterocycles. The monoisotopic (exact) mass is 326 g/mol. The van der Waals surface area contributed by atoms with Gasteiger partial charge in [-0.15, -0.1) is 0 Å². The summed E-state index contributed by atoms with van der Waals surface area (Å²) < 4.78 is 0. The Morgan fingerprint density at radius 1 is 1.17 bits per heavy atom. The predicted octanol–water partition coefficient (Wildman–Crippen LogP) is 2.32.